The van der Waals surface area contributed by atoms with Crippen LogP contribution in [-0.4, -0.2) is 42.5 Å². The summed E-state index contributed by atoms with van der Waals surface area (Å²) in [6, 6.07) is 11.5. The lowest BCUT2D eigenvalue weighted by molar-refractivity contribution is -0.113. The Labute approximate surface area is 146 Å². The third-order valence-electron chi connectivity index (χ3n) is 3.14. The molecule has 3 aromatic rings. The highest BCUT2D eigenvalue weighted by molar-refractivity contribution is 7.99. The van der Waals surface area contributed by atoms with Gasteiger partial charge in [0.1, 0.15) is 12.1 Å². The maximum atomic E-state index is 12.1. The van der Waals surface area contributed by atoms with Crippen molar-refractivity contribution in [2.45, 2.75) is 5.16 Å². The number of aromatic carboxylic acids is 1. The summed E-state index contributed by atoms with van der Waals surface area (Å²) < 4.78 is 1.68. The van der Waals surface area contributed by atoms with Gasteiger partial charge in [-0.25, -0.2) is 9.78 Å². The molecule has 0 unspecified atom stereocenters. The Morgan fingerprint density at radius 1 is 1.20 bits per heavy atom. The summed E-state index contributed by atoms with van der Waals surface area (Å²) in [5.41, 5.74) is 0.539. The molecule has 1 aromatic carbocycles. The van der Waals surface area contributed by atoms with Crippen molar-refractivity contribution in [1.29, 1.82) is 0 Å². The minimum atomic E-state index is -1.05. The van der Waals surface area contributed by atoms with E-state index in [0.717, 1.165) is 0 Å². The van der Waals surface area contributed by atoms with Crippen molar-refractivity contribution < 1.29 is 14.7 Å². The average molecular weight is 355 g/mol. The molecule has 2 aromatic heterocycles. The number of benzene rings is 1. The van der Waals surface area contributed by atoms with Crippen LogP contribution in [0.4, 0.5) is 5.69 Å². The van der Waals surface area contributed by atoms with E-state index in [0.29, 0.717) is 16.7 Å². The molecular weight excluding hydrogens is 342 g/mol. The van der Waals surface area contributed by atoms with E-state index in [1.165, 1.54) is 30.2 Å². The standard InChI is InChI=1S/C16H13N5O3S/c22-14(19-12-5-3-4-11(8-12)15(23)24)9-25-16-20-18-10-21(16)13-6-1-2-7-17-13/h1-8,10H,9H2,(H,19,22)(H,23,24). The van der Waals surface area contributed by atoms with Gasteiger partial charge in [-0.15, -0.1) is 10.2 Å². The molecule has 0 bridgehead atoms. The summed E-state index contributed by atoms with van der Waals surface area (Å²) in [6.07, 6.45) is 3.19. The topological polar surface area (TPSA) is 110 Å². The molecule has 3 rings (SSSR count). The van der Waals surface area contributed by atoms with E-state index in [2.05, 4.69) is 20.5 Å². The van der Waals surface area contributed by atoms with Crippen molar-refractivity contribution in [1.82, 2.24) is 19.7 Å². The van der Waals surface area contributed by atoms with Gasteiger partial charge in [-0.2, -0.15) is 0 Å². The Kier molecular flexibility index (Phi) is 5.05. The molecule has 8 nitrogen and oxygen atoms in total. The smallest absolute Gasteiger partial charge is 0.335 e. The van der Waals surface area contributed by atoms with Crippen LogP contribution in [0.3, 0.4) is 0 Å². The number of nitrogens with zero attached hydrogens (tertiary/aromatic N) is 4. The quantitative estimate of drug-likeness (QED) is 0.651. The molecule has 0 fully saturated rings. The molecule has 2 heterocycles. The molecule has 0 saturated heterocycles. The van der Waals surface area contributed by atoms with Gasteiger partial charge in [0.2, 0.25) is 5.91 Å². The number of thioether (sulfide) groups is 1. The van der Waals surface area contributed by atoms with E-state index in [1.807, 2.05) is 12.1 Å². The second kappa shape index (κ2) is 7.58. The largest absolute Gasteiger partial charge is 0.478 e. The predicted octanol–water partition coefficient (Wildman–Crippen LogP) is 2.09. The molecule has 25 heavy (non-hydrogen) atoms. The van der Waals surface area contributed by atoms with Crippen LogP contribution in [0.1, 0.15) is 10.4 Å². The highest BCUT2D eigenvalue weighted by Gasteiger charge is 2.11. The van der Waals surface area contributed by atoms with Gasteiger partial charge in [0.15, 0.2) is 5.16 Å². The highest BCUT2D eigenvalue weighted by atomic mass is 32.2. The maximum absolute atomic E-state index is 12.1. The van der Waals surface area contributed by atoms with Crippen molar-refractivity contribution >= 4 is 29.3 Å². The molecule has 0 radical (unpaired) electrons. The van der Waals surface area contributed by atoms with Gasteiger partial charge in [0.25, 0.3) is 0 Å². The predicted molar refractivity (Wildman–Crippen MR) is 91.9 cm³/mol. The van der Waals surface area contributed by atoms with Crippen LogP contribution in [0.25, 0.3) is 5.82 Å². The normalized spacial score (nSPS) is 10.4. The van der Waals surface area contributed by atoms with Gasteiger partial charge >= 0.3 is 5.97 Å². The molecule has 2 N–H and O–H groups in total. The molecule has 1 amide bonds. The summed E-state index contributed by atoms with van der Waals surface area (Å²) in [4.78, 5) is 27.3. The first-order valence-electron chi connectivity index (χ1n) is 7.21. The second-order valence-electron chi connectivity index (χ2n) is 4.89. The molecular formula is C16H13N5O3S. The first kappa shape index (κ1) is 16.7. The Balaban J connectivity index is 1.63. The van der Waals surface area contributed by atoms with E-state index in [1.54, 1.807) is 29.0 Å². The van der Waals surface area contributed by atoms with Crippen molar-refractivity contribution in [3.8, 4) is 5.82 Å². The first-order valence-corrected chi connectivity index (χ1v) is 8.19. The van der Waals surface area contributed by atoms with Crippen molar-refractivity contribution in [3.05, 3.63) is 60.6 Å². The number of carboxylic acid groups (broad SMARTS) is 1. The summed E-state index contributed by atoms with van der Waals surface area (Å²) >= 11 is 1.21. The lowest BCUT2D eigenvalue weighted by atomic mass is 10.2. The van der Waals surface area contributed by atoms with Crippen LogP contribution >= 0.6 is 11.8 Å². The molecule has 0 aliphatic rings. The lowest BCUT2D eigenvalue weighted by Crippen LogP contribution is -2.15. The zero-order valence-electron chi connectivity index (χ0n) is 12.9. The lowest BCUT2D eigenvalue weighted by Gasteiger charge is -2.07. The number of hydrogen-bond donors (Lipinski definition) is 2. The number of amides is 1. The Hall–Kier alpha value is -3.20. The van der Waals surface area contributed by atoms with Gasteiger partial charge in [0.05, 0.1) is 11.3 Å². The number of anilines is 1. The third-order valence-corrected chi connectivity index (χ3v) is 4.08. The number of hydrogen-bond acceptors (Lipinski definition) is 6. The van der Waals surface area contributed by atoms with Gasteiger partial charge in [-0.3, -0.25) is 9.36 Å². The molecule has 0 saturated carbocycles. The summed E-state index contributed by atoms with van der Waals surface area (Å²) in [7, 11) is 0. The fourth-order valence-electron chi connectivity index (χ4n) is 2.03. The maximum Gasteiger partial charge on any atom is 0.335 e. The van der Waals surface area contributed by atoms with Gasteiger partial charge in [-0.1, -0.05) is 23.9 Å². The van der Waals surface area contributed by atoms with E-state index in [4.69, 9.17) is 5.11 Å². The van der Waals surface area contributed by atoms with Gasteiger partial charge < -0.3 is 10.4 Å². The van der Waals surface area contributed by atoms with E-state index in [-0.39, 0.29) is 17.2 Å². The summed E-state index contributed by atoms with van der Waals surface area (Å²) in [5, 5.41) is 20.0. The highest BCUT2D eigenvalue weighted by Crippen LogP contribution is 2.19. The second-order valence-corrected chi connectivity index (χ2v) is 5.84. The Morgan fingerprint density at radius 3 is 2.84 bits per heavy atom. The molecule has 0 aliphatic carbocycles. The zero-order valence-corrected chi connectivity index (χ0v) is 13.7. The summed E-state index contributed by atoms with van der Waals surface area (Å²) in [5.74, 6) is -0.565. The fraction of sp³-hybridized carbons (Fsp3) is 0.0625. The number of pyridine rings is 1. The minimum Gasteiger partial charge on any atom is -0.478 e. The molecule has 0 aliphatic heterocycles. The SMILES string of the molecule is O=C(CSc1nncn1-c1ccccn1)Nc1cccc(C(=O)O)c1. The van der Waals surface area contributed by atoms with Crippen LogP contribution < -0.4 is 5.32 Å². The number of carboxylic acids is 1. The molecule has 126 valence electrons. The first-order chi connectivity index (χ1) is 12.1. The molecule has 0 spiro atoms. The number of rotatable bonds is 6. The van der Waals surface area contributed by atoms with E-state index < -0.39 is 5.97 Å². The van der Waals surface area contributed by atoms with Crippen molar-refractivity contribution in [2.24, 2.45) is 0 Å². The van der Waals surface area contributed by atoms with Gasteiger partial charge in [-0.05, 0) is 30.3 Å². The minimum absolute atomic E-state index is 0.100. The Morgan fingerprint density at radius 2 is 2.08 bits per heavy atom. The number of nitrogens with one attached hydrogen (secondary N) is 1. The van der Waals surface area contributed by atoms with Crippen LogP contribution in [0.5, 0.6) is 0 Å². The molecule has 9 heteroatoms. The number of carbonyl (C=O) groups excluding carboxylic acids is 1. The number of aromatic nitrogens is 4. The third kappa shape index (κ3) is 4.21. The van der Waals surface area contributed by atoms with Crippen LogP contribution in [-0.2, 0) is 4.79 Å². The monoisotopic (exact) mass is 355 g/mol. The fourth-order valence-corrected chi connectivity index (χ4v) is 2.75. The van der Waals surface area contributed by atoms with Crippen molar-refractivity contribution in [2.75, 3.05) is 11.1 Å². The van der Waals surface area contributed by atoms with Gasteiger partial charge in [0, 0.05) is 11.9 Å². The summed E-state index contributed by atoms with van der Waals surface area (Å²) in [6.45, 7) is 0. The van der Waals surface area contributed by atoms with E-state index >= 15 is 0 Å². The van der Waals surface area contributed by atoms with Crippen molar-refractivity contribution in [3.63, 3.8) is 0 Å². The zero-order chi connectivity index (χ0) is 17.6. The van der Waals surface area contributed by atoms with Crippen LogP contribution in [0.15, 0.2) is 60.1 Å². The number of carbonyl (C=O) groups is 2. The Bertz CT molecular complexity index is 898. The van der Waals surface area contributed by atoms with Crippen LogP contribution in [0.2, 0.25) is 0 Å². The average Bonchev–Trinajstić information content (AvgIpc) is 3.09. The molecule has 0 atom stereocenters. The van der Waals surface area contributed by atoms with E-state index in [9.17, 15) is 9.59 Å². The van der Waals surface area contributed by atoms with Crippen LogP contribution in [0, 0.1) is 0 Å².